The fourth-order valence-electron chi connectivity index (χ4n) is 4.52. The van der Waals surface area contributed by atoms with E-state index in [1.54, 1.807) is 13.1 Å². The second-order valence-electron chi connectivity index (χ2n) is 10.7. The summed E-state index contributed by atoms with van der Waals surface area (Å²) in [5, 5.41) is 2.63. The van der Waals surface area contributed by atoms with Gasteiger partial charge in [-0.25, -0.2) is 24.1 Å². The first-order valence-corrected chi connectivity index (χ1v) is 12.5. The van der Waals surface area contributed by atoms with Crippen molar-refractivity contribution in [3.8, 4) is 0 Å². The molecule has 10 nitrogen and oxygen atoms in total. The summed E-state index contributed by atoms with van der Waals surface area (Å²) in [6, 6.07) is 2.98. The first-order chi connectivity index (χ1) is 17.6. The molecule has 2 amide bonds. The zero-order chi connectivity index (χ0) is 26.3. The quantitative estimate of drug-likeness (QED) is 0.514. The zero-order valence-electron chi connectivity index (χ0n) is 21.5. The third-order valence-electron chi connectivity index (χ3n) is 6.36. The van der Waals surface area contributed by atoms with E-state index in [4.69, 9.17) is 9.15 Å². The molecule has 11 heteroatoms. The lowest BCUT2D eigenvalue weighted by atomic mass is 10.1. The van der Waals surface area contributed by atoms with Crippen LogP contribution in [0.2, 0.25) is 0 Å². The Morgan fingerprint density at radius 2 is 2.00 bits per heavy atom. The molecule has 1 saturated carbocycles. The first kappa shape index (κ1) is 24.9. The van der Waals surface area contributed by atoms with Crippen LogP contribution in [0, 0.1) is 18.7 Å². The maximum atomic E-state index is 14.3. The van der Waals surface area contributed by atoms with E-state index in [0.717, 1.165) is 32.4 Å². The molecule has 2 aliphatic rings. The molecule has 2 fully saturated rings. The van der Waals surface area contributed by atoms with Crippen LogP contribution in [0.4, 0.5) is 20.7 Å². The number of aryl methyl sites for hydroxylation is 1. The molecule has 1 aliphatic heterocycles. The van der Waals surface area contributed by atoms with Gasteiger partial charge in [-0.1, -0.05) is 0 Å². The molecule has 1 aliphatic carbocycles. The van der Waals surface area contributed by atoms with E-state index in [2.05, 4.69) is 25.2 Å². The lowest BCUT2D eigenvalue weighted by Gasteiger charge is -2.29. The summed E-state index contributed by atoms with van der Waals surface area (Å²) in [7, 11) is 0. The minimum absolute atomic E-state index is 0.110. The monoisotopic (exact) mass is 510 g/mol. The van der Waals surface area contributed by atoms with Crippen LogP contribution in [0.1, 0.15) is 56.4 Å². The molecule has 3 aromatic rings. The Bertz CT molecular complexity index is 1320. The number of hydrogen-bond donors (Lipinski definition) is 1. The smallest absolute Gasteiger partial charge is 0.410 e. The van der Waals surface area contributed by atoms with Crippen LogP contribution in [0.15, 0.2) is 28.9 Å². The molecule has 196 valence electrons. The van der Waals surface area contributed by atoms with Crippen LogP contribution in [0.5, 0.6) is 0 Å². The van der Waals surface area contributed by atoms with Gasteiger partial charge in [0.25, 0.3) is 5.91 Å². The predicted octanol–water partition coefficient (Wildman–Crippen LogP) is 4.54. The van der Waals surface area contributed by atoms with Crippen molar-refractivity contribution in [3.05, 3.63) is 41.9 Å². The molecule has 1 saturated heterocycles. The second kappa shape index (κ2) is 9.60. The number of anilines is 2. The highest BCUT2D eigenvalue weighted by Gasteiger charge is 2.38. The van der Waals surface area contributed by atoms with Crippen LogP contribution in [-0.4, -0.2) is 63.1 Å². The third kappa shape index (κ3) is 5.81. The van der Waals surface area contributed by atoms with Gasteiger partial charge < -0.3 is 24.3 Å². The number of oxazole rings is 1. The number of benzene rings is 1. The number of rotatable bonds is 6. The van der Waals surface area contributed by atoms with Crippen molar-refractivity contribution in [1.82, 2.24) is 19.9 Å². The molecule has 0 bridgehead atoms. The molecule has 0 spiro atoms. The van der Waals surface area contributed by atoms with Gasteiger partial charge in [-0.2, -0.15) is 0 Å². The SMILES string of the molecule is Cc1nc2c(F)cc(NC(=O)c3cnc(N4CC[C@H](CN(C(=O)OC(C)(C)C)C5CC5)C4)cn3)cc2o1. The topological polar surface area (TPSA) is 114 Å². The maximum Gasteiger partial charge on any atom is 0.410 e. The van der Waals surface area contributed by atoms with Crippen molar-refractivity contribution in [2.24, 2.45) is 5.92 Å². The average molecular weight is 511 g/mol. The third-order valence-corrected chi connectivity index (χ3v) is 6.36. The molecule has 2 aromatic heterocycles. The number of amides is 2. The van der Waals surface area contributed by atoms with Crippen LogP contribution in [0.25, 0.3) is 11.1 Å². The fraction of sp³-hybridized carbons (Fsp3) is 0.500. The molecular weight excluding hydrogens is 479 g/mol. The van der Waals surface area contributed by atoms with Gasteiger partial charge in [0, 0.05) is 44.4 Å². The summed E-state index contributed by atoms with van der Waals surface area (Å²) in [6.45, 7) is 9.44. The van der Waals surface area contributed by atoms with Crippen LogP contribution in [0.3, 0.4) is 0 Å². The van der Waals surface area contributed by atoms with Gasteiger partial charge in [0.1, 0.15) is 22.6 Å². The maximum absolute atomic E-state index is 14.3. The lowest BCUT2D eigenvalue weighted by Crippen LogP contribution is -2.41. The molecule has 1 atom stereocenters. The van der Waals surface area contributed by atoms with Gasteiger partial charge in [-0.3, -0.25) is 4.79 Å². The van der Waals surface area contributed by atoms with Gasteiger partial charge in [-0.15, -0.1) is 0 Å². The Balaban J connectivity index is 1.19. The van der Waals surface area contributed by atoms with E-state index in [9.17, 15) is 14.0 Å². The number of nitrogens with zero attached hydrogens (tertiary/aromatic N) is 5. The summed E-state index contributed by atoms with van der Waals surface area (Å²) >= 11 is 0. The molecule has 1 aromatic carbocycles. The minimum Gasteiger partial charge on any atom is -0.444 e. The predicted molar refractivity (Wildman–Crippen MR) is 135 cm³/mol. The largest absolute Gasteiger partial charge is 0.444 e. The van der Waals surface area contributed by atoms with Crippen molar-refractivity contribution < 1.29 is 23.1 Å². The highest BCUT2D eigenvalue weighted by atomic mass is 19.1. The fourth-order valence-corrected chi connectivity index (χ4v) is 4.52. The normalized spacial score (nSPS) is 17.8. The number of hydrogen-bond acceptors (Lipinski definition) is 8. The van der Waals surface area contributed by atoms with Crippen molar-refractivity contribution in [1.29, 1.82) is 0 Å². The molecular formula is C26H31FN6O4. The van der Waals surface area contributed by atoms with Gasteiger partial charge in [0.15, 0.2) is 17.3 Å². The van der Waals surface area contributed by atoms with E-state index in [1.165, 1.54) is 18.3 Å². The number of nitrogens with one attached hydrogen (secondary N) is 1. The van der Waals surface area contributed by atoms with E-state index in [1.807, 2.05) is 25.7 Å². The molecule has 0 unspecified atom stereocenters. The van der Waals surface area contributed by atoms with Crippen molar-refractivity contribution in [2.45, 2.75) is 58.6 Å². The average Bonchev–Trinajstić information content (AvgIpc) is 3.42. The summed E-state index contributed by atoms with van der Waals surface area (Å²) in [6.07, 6.45) is 5.68. The number of fused-ring (bicyclic) bond motifs is 1. The Morgan fingerprint density at radius 3 is 2.68 bits per heavy atom. The van der Waals surface area contributed by atoms with Gasteiger partial charge in [-0.05, 0) is 52.0 Å². The van der Waals surface area contributed by atoms with E-state index in [0.29, 0.717) is 24.2 Å². The molecule has 3 heterocycles. The van der Waals surface area contributed by atoms with Gasteiger partial charge >= 0.3 is 6.09 Å². The van der Waals surface area contributed by atoms with Crippen molar-refractivity contribution in [3.63, 3.8) is 0 Å². The van der Waals surface area contributed by atoms with E-state index in [-0.39, 0.29) is 34.6 Å². The molecule has 5 rings (SSSR count). The summed E-state index contributed by atoms with van der Waals surface area (Å²) in [4.78, 5) is 42.0. The summed E-state index contributed by atoms with van der Waals surface area (Å²) in [5.41, 5.74) is 0.203. The first-order valence-electron chi connectivity index (χ1n) is 12.5. The Hall–Kier alpha value is -3.76. The number of aromatic nitrogens is 3. The van der Waals surface area contributed by atoms with Crippen molar-refractivity contribution in [2.75, 3.05) is 29.9 Å². The number of carbonyl (C=O) groups is 2. The lowest BCUT2D eigenvalue weighted by molar-refractivity contribution is 0.0208. The standard InChI is InChI=1S/C26H31FN6O4/c1-15-30-23-19(27)9-17(10-21(23)36-15)31-24(34)20-11-29-22(12-28-20)32-8-7-16(13-32)14-33(18-5-6-18)25(35)37-26(2,3)4/h9-12,16,18H,5-8,13-14H2,1-4H3,(H,31,34)/t16-/m0/s1. The molecule has 1 N–H and O–H groups in total. The Kier molecular flexibility index (Phi) is 6.47. The number of carbonyl (C=O) groups excluding carboxylic acids is 2. The second-order valence-corrected chi connectivity index (χ2v) is 10.7. The number of ether oxygens (including phenoxy) is 1. The Morgan fingerprint density at radius 1 is 1.22 bits per heavy atom. The van der Waals surface area contributed by atoms with Gasteiger partial charge in [0.05, 0.1) is 12.4 Å². The van der Waals surface area contributed by atoms with E-state index >= 15 is 0 Å². The minimum atomic E-state index is -0.582. The van der Waals surface area contributed by atoms with Crippen LogP contribution in [-0.2, 0) is 4.74 Å². The zero-order valence-corrected chi connectivity index (χ0v) is 21.5. The highest BCUT2D eigenvalue weighted by molar-refractivity contribution is 6.03. The van der Waals surface area contributed by atoms with Gasteiger partial charge in [0.2, 0.25) is 0 Å². The summed E-state index contributed by atoms with van der Waals surface area (Å²) < 4.78 is 25.3. The van der Waals surface area contributed by atoms with Crippen LogP contribution >= 0.6 is 0 Å². The van der Waals surface area contributed by atoms with E-state index < -0.39 is 17.3 Å². The summed E-state index contributed by atoms with van der Waals surface area (Å²) in [5.74, 6) is 0.210. The molecule has 0 radical (unpaired) electrons. The highest BCUT2D eigenvalue weighted by Crippen LogP contribution is 2.31. The van der Waals surface area contributed by atoms with Crippen LogP contribution < -0.4 is 10.2 Å². The Labute approximate surface area is 214 Å². The molecule has 37 heavy (non-hydrogen) atoms. The van der Waals surface area contributed by atoms with Crippen molar-refractivity contribution >= 4 is 34.6 Å². The number of halogens is 1.